The SMILES string of the molecule is Cc1ccc(F)c(S(=O)(=O)NC(C)CN)c1. The Labute approximate surface area is 94.7 Å². The molecule has 0 fully saturated rings. The molecule has 4 nitrogen and oxygen atoms in total. The Morgan fingerprint density at radius 2 is 2.12 bits per heavy atom. The molecule has 0 amide bonds. The average Bonchev–Trinajstić information content (AvgIpc) is 2.20. The molecule has 0 saturated heterocycles. The second-order valence-corrected chi connectivity index (χ2v) is 5.37. The van der Waals surface area contributed by atoms with E-state index in [0.717, 1.165) is 6.07 Å². The molecular weight excluding hydrogens is 231 g/mol. The lowest BCUT2D eigenvalue weighted by Crippen LogP contribution is -2.38. The molecule has 6 heteroatoms. The molecule has 0 heterocycles. The van der Waals surface area contributed by atoms with Gasteiger partial charge < -0.3 is 5.73 Å². The molecule has 16 heavy (non-hydrogen) atoms. The van der Waals surface area contributed by atoms with E-state index < -0.39 is 21.9 Å². The molecule has 1 unspecified atom stereocenters. The van der Waals surface area contributed by atoms with Crippen molar-refractivity contribution in [3.05, 3.63) is 29.6 Å². The molecule has 1 aromatic rings. The summed E-state index contributed by atoms with van der Waals surface area (Å²) in [6, 6.07) is 3.52. The van der Waals surface area contributed by atoms with Crippen LogP contribution in [0.25, 0.3) is 0 Å². The van der Waals surface area contributed by atoms with E-state index >= 15 is 0 Å². The number of hydrogen-bond donors (Lipinski definition) is 2. The van der Waals surface area contributed by atoms with Gasteiger partial charge in [-0.1, -0.05) is 6.07 Å². The highest BCUT2D eigenvalue weighted by Crippen LogP contribution is 2.16. The normalized spacial score (nSPS) is 13.8. The van der Waals surface area contributed by atoms with Crippen LogP contribution in [0.5, 0.6) is 0 Å². The fraction of sp³-hybridized carbons (Fsp3) is 0.400. The molecule has 0 spiro atoms. The van der Waals surface area contributed by atoms with E-state index in [1.807, 2.05) is 0 Å². The number of rotatable bonds is 4. The highest BCUT2D eigenvalue weighted by molar-refractivity contribution is 7.89. The second kappa shape index (κ2) is 4.90. The van der Waals surface area contributed by atoms with Crippen LogP contribution in [0.3, 0.4) is 0 Å². The van der Waals surface area contributed by atoms with Gasteiger partial charge in [0.15, 0.2) is 0 Å². The zero-order valence-corrected chi connectivity index (χ0v) is 10.0. The standard InChI is InChI=1S/C10H15FN2O2S/c1-7-3-4-9(11)10(5-7)16(14,15)13-8(2)6-12/h3-5,8,13H,6,12H2,1-2H3. The summed E-state index contributed by atoms with van der Waals surface area (Å²) in [6.07, 6.45) is 0. The summed E-state index contributed by atoms with van der Waals surface area (Å²) >= 11 is 0. The Balaban J connectivity index is 3.12. The first kappa shape index (κ1) is 13.1. The first-order valence-electron chi connectivity index (χ1n) is 4.85. The summed E-state index contributed by atoms with van der Waals surface area (Å²) in [4.78, 5) is -0.340. The summed E-state index contributed by atoms with van der Waals surface area (Å²) in [5, 5.41) is 0. The van der Waals surface area contributed by atoms with Crippen LogP contribution >= 0.6 is 0 Å². The van der Waals surface area contributed by atoms with E-state index in [4.69, 9.17) is 5.73 Å². The minimum absolute atomic E-state index is 0.159. The van der Waals surface area contributed by atoms with Crippen molar-refractivity contribution in [1.82, 2.24) is 4.72 Å². The van der Waals surface area contributed by atoms with E-state index in [1.165, 1.54) is 12.1 Å². The van der Waals surface area contributed by atoms with E-state index in [0.29, 0.717) is 5.56 Å². The Morgan fingerprint density at radius 3 is 2.69 bits per heavy atom. The van der Waals surface area contributed by atoms with E-state index in [2.05, 4.69) is 4.72 Å². The lowest BCUT2D eigenvalue weighted by molar-refractivity contribution is 0.544. The van der Waals surface area contributed by atoms with Crippen LogP contribution in [-0.2, 0) is 10.0 Å². The fourth-order valence-electron chi connectivity index (χ4n) is 1.19. The van der Waals surface area contributed by atoms with Gasteiger partial charge in [-0.2, -0.15) is 0 Å². The number of aryl methyl sites for hydroxylation is 1. The molecule has 90 valence electrons. The molecule has 0 aliphatic carbocycles. The zero-order chi connectivity index (χ0) is 12.3. The van der Waals surface area contributed by atoms with Crippen molar-refractivity contribution in [2.45, 2.75) is 24.8 Å². The summed E-state index contributed by atoms with van der Waals surface area (Å²) in [5.74, 6) is -0.762. The highest BCUT2D eigenvalue weighted by atomic mass is 32.2. The van der Waals surface area contributed by atoms with Crippen molar-refractivity contribution in [2.75, 3.05) is 6.54 Å². The lowest BCUT2D eigenvalue weighted by atomic mass is 10.2. The van der Waals surface area contributed by atoms with Gasteiger partial charge in [0.1, 0.15) is 10.7 Å². The molecule has 0 aliphatic rings. The number of benzene rings is 1. The Hall–Kier alpha value is -0.980. The van der Waals surface area contributed by atoms with Gasteiger partial charge in [0.25, 0.3) is 0 Å². The monoisotopic (exact) mass is 246 g/mol. The maximum Gasteiger partial charge on any atom is 0.243 e. The van der Waals surface area contributed by atoms with Crippen molar-refractivity contribution in [2.24, 2.45) is 5.73 Å². The molecule has 0 radical (unpaired) electrons. The maximum absolute atomic E-state index is 13.4. The molecule has 3 N–H and O–H groups in total. The third-order valence-electron chi connectivity index (χ3n) is 2.09. The molecule has 1 atom stereocenters. The van der Waals surface area contributed by atoms with Crippen LogP contribution in [0.4, 0.5) is 4.39 Å². The zero-order valence-electron chi connectivity index (χ0n) is 9.20. The number of sulfonamides is 1. The summed E-state index contributed by atoms with van der Waals surface area (Å²) in [6.45, 7) is 3.47. The van der Waals surface area contributed by atoms with Gasteiger partial charge in [-0.05, 0) is 31.5 Å². The number of nitrogens with one attached hydrogen (secondary N) is 1. The van der Waals surface area contributed by atoms with Crippen LogP contribution in [0.2, 0.25) is 0 Å². The molecule has 1 rings (SSSR count). The highest BCUT2D eigenvalue weighted by Gasteiger charge is 2.20. The first-order chi connectivity index (χ1) is 7.36. The number of halogens is 1. The van der Waals surface area contributed by atoms with E-state index in [1.54, 1.807) is 13.8 Å². The lowest BCUT2D eigenvalue weighted by Gasteiger charge is -2.12. The molecule has 0 bridgehead atoms. The Kier molecular flexibility index (Phi) is 4.01. The average molecular weight is 246 g/mol. The van der Waals surface area contributed by atoms with Gasteiger partial charge in [0.2, 0.25) is 10.0 Å². The fourth-order valence-corrected chi connectivity index (χ4v) is 2.61. The first-order valence-corrected chi connectivity index (χ1v) is 6.33. The summed E-state index contributed by atoms with van der Waals surface area (Å²) < 4.78 is 39.2. The Bertz CT molecular complexity index is 474. The quantitative estimate of drug-likeness (QED) is 0.823. The third kappa shape index (κ3) is 3.01. The van der Waals surface area contributed by atoms with Crippen molar-refractivity contribution < 1.29 is 12.8 Å². The minimum atomic E-state index is -3.83. The molecule has 1 aromatic carbocycles. The van der Waals surface area contributed by atoms with Crippen molar-refractivity contribution in [3.8, 4) is 0 Å². The molecule has 0 aromatic heterocycles. The minimum Gasteiger partial charge on any atom is -0.329 e. The van der Waals surface area contributed by atoms with Gasteiger partial charge in [-0.25, -0.2) is 17.5 Å². The van der Waals surface area contributed by atoms with Crippen LogP contribution in [-0.4, -0.2) is 21.0 Å². The van der Waals surface area contributed by atoms with Crippen molar-refractivity contribution in [3.63, 3.8) is 0 Å². The van der Waals surface area contributed by atoms with Gasteiger partial charge in [0, 0.05) is 12.6 Å². The Morgan fingerprint density at radius 1 is 1.50 bits per heavy atom. The van der Waals surface area contributed by atoms with Gasteiger partial charge in [-0.3, -0.25) is 0 Å². The van der Waals surface area contributed by atoms with Crippen molar-refractivity contribution in [1.29, 1.82) is 0 Å². The van der Waals surface area contributed by atoms with Crippen LogP contribution in [0, 0.1) is 12.7 Å². The summed E-state index contributed by atoms with van der Waals surface area (Å²) in [7, 11) is -3.83. The van der Waals surface area contributed by atoms with Crippen LogP contribution < -0.4 is 10.5 Å². The smallest absolute Gasteiger partial charge is 0.243 e. The van der Waals surface area contributed by atoms with Gasteiger partial charge in [-0.15, -0.1) is 0 Å². The molecule has 0 aliphatic heterocycles. The van der Waals surface area contributed by atoms with E-state index in [9.17, 15) is 12.8 Å². The van der Waals surface area contributed by atoms with Crippen LogP contribution in [0.1, 0.15) is 12.5 Å². The maximum atomic E-state index is 13.4. The topological polar surface area (TPSA) is 72.2 Å². The number of nitrogens with two attached hydrogens (primary N) is 1. The van der Waals surface area contributed by atoms with E-state index in [-0.39, 0.29) is 11.4 Å². The summed E-state index contributed by atoms with van der Waals surface area (Å²) in [5.41, 5.74) is 5.99. The van der Waals surface area contributed by atoms with Gasteiger partial charge in [0.05, 0.1) is 0 Å². The van der Waals surface area contributed by atoms with Crippen LogP contribution in [0.15, 0.2) is 23.1 Å². The van der Waals surface area contributed by atoms with Crippen molar-refractivity contribution >= 4 is 10.0 Å². The third-order valence-corrected chi connectivity index (χ3v) is 3.69. The largest absolute Gasteiger partial charge is 0.329 e. The predicted molar refractivity (Wildman–Crippen MR) is 60.0 cm³/mol. The molecular formula is C10H15FN2O2S. The second-order valence-electron chi connectivity index (χ2n) is 3.69. The molecule has 0 saturated carbocycles. The number of hydrogen-bond acceptors (Lipinski definition) is 3. The van der Waals surface area contributed by atoms with Gasteiger partial charge >= 0.3 is 0 Å². The predicted octanol–water partition coefficient (Wildman–Crippen LogP) is 0.760.